The van der Waals surface area contributed by atoms with Gasteiger partial charge in [0.15, 0.2) is 0 Å². The van der Waals surface area contributed by atoms with E-state index in [0.717, 1.165) is 32.1 Å². The minimum absolute atomic E-state index is 0.146. The Morgan fingerprint density at radius 2 is 1.19 bits per heavy atom. The van der Waals surface area contributed by atoms with E-state index in [0.29, 0.717) is 5.92 Å². The van der Waals surface area contributed by atoms with Crippen molar-refractivity contribution in [2.24, 2.45) is 11.3 Å². The van der Waals surface area contributed by atoms with Gasteiger partial charge in [0.2, 0.25) is 5.79 Å². The second-order valence-corrected chi connectivity index (χ2v) is 9.12. The van der Waals surface area contributed by atoms with Gasteiger partial charge in [-0.05, 0) is 58.3 Å². The van der Waals surface area contributed by atoms with Gasteiger partial charge in [0.05, 0.1) is 11.2 Å². The van der Waals surface area contributed by atoms with Crippen molar-refractivity contribution in [2.45, 2.75) is 97.6 Å². The van der Waals surface area contributed by atoms with Gasteiger partial charge in [-0.15, -0.1) is 0 Å². The van der Waals surface area contributed by atoms with Gasteiger partial charge in [-0.3, -0.25) is 0 Å². The van der Waals surface area contributed by atoms with Crippen molar-refractivity contribution >= 4 is 0 Å². The maximum Gasteiger partial charge on any atom is 0.234 e. The Bertz CT molecular complexity index is 353. The van der Waals surface area contributed by atoms with Gasteiger partial charge in [0.1, 0.15) is 0 Å². The molecule has 1 heterocycles. The Morgan fingerprint density at radius 1 is 0.714 bits per heavy atom. The van der Waals surface area contributed by atoms with Crippen molar-refractivity contribution in [3.63, 3.8) is 0 Å². The van der Waals surface area contributed by atoms with Crippen LogP contribution in [0.5, 0.6) is 0 Å². The topological polar surface area (TPSA) is 36.9 Å². The second kappa shape index (κ2) is 5.48. The van der Waals surface area contributed by atoms with Crippen LogP contribution in [-0.4, -0.2) is 17.0 Å². The Hall–Kier alpha value is -0.160. The summed E-state index contributed by atoms with van der Waals surface area (Å²) in [7, 11) is 0. The molecule has 0 aromatic heterocycles. The first kappa shape index (κ1) is 17.2. The Balaban J connectivity index is 2.24. The molecule has 1 unspecified atom stereocenters. The van der Waals surface area contributed by atoms with Crippen LogP contribution in [0.2, 0.25) is 0 Å². The summed E-state index contributed by atoms with van der Waals surface area (Å²) >= 11 is 0. The molecule has 4 nitrogen and oxygen atoms in total. The summed E-state index contributed by atoms with van der Waals surface area (Å²) in [4.78, 5) is 23.3. The molecule has 0 aromatic carbocycles. The van der Waals surface area contributed by atoms with Gasteiger partial charge in [0.25, 0.3) is 0 Å². The maximum absolute atomic E-state index is 5.86. The third-order valence-electron chi connectivity index (χ3n) is 4.48. The first-order valence-electron chi connectivity index (χ1n) is 8.16. The lowest BCUT2D eigenvalue weighted by atomic mass is 9.70. The van der Waals surface area contributed by atoms with E-state index < -0.39 is 5.79 Å². The predicted molar refractivity (Wildman–Crippen MR) is 81.3 cm³/mol. The highest BCUT2D eigenvalue weighted by molar-refractivity contribution is 4.89. The molecular formula is C17H32O4. The third-order valence-corrected chi connectivity index (χ3v) is 4.48. The van der Waals surface area contributed by atoms with Gasteiger partial charge in [-0.25, -0.2) is 9.78 Å². The summed E-state index contributed by atoms with van der Waals surface area (Å²) in [6, 6.07) is 0. The molecule has 0 radical (unpaired) electrons. The highest BCUT2D eigenvalue weighted by Crippen LogP contribution is 2.48. The first-order chi connectivity index (χ1) is 9.43. The fraction of sp³-hybridized carbons (Fsp3) is 1.00. The summed E-state index contributed by atoms with van der Waals surface area (Å²) in [5.74, 6) is -0.298. The normalized spacial score (nSPS) is 34.7. The van der Waals surface area contributed by atoms with Crippen LogP contribution in [-0.2, 0) is 19.6 Å². The minimum atomic E-state index is -0.806. The van der Waals surface area contributed by atoms with E-state index in [1.165, 1.54) is 0 Å². The summed E-state index contributed by atoms with van der Waals surface area (Å²) in [5, 5.41) is 0. The van der Waals surface area contributed by atoms with E-state index in [1.54, 1.807) is 0 Å². The highest BCUT2D eigenvalue weighted by atomic mass is 17.3. The van der Waals surface area contributed by atoms with E-state index in [-0.39, 0.29) is 16.6 Å². The van der Waals surface area contributed by atoms with E-state index in [4.69, 9.17) is 19.6 Å². The van der Waals surface area contributed by atoms with Crippen LogP contribution in [0.1, 0.15) is 80.6 Å². The zero-order valence-corrected chi connectivity index (χ0v) is 14.7. The van der Waals surface area contributed by atoms with Gasteiger partial charge in [0, 0.05) is 12.8 Å². The maximum atomic E-state index is 5.86. The standard InChI is InChI=1S/C17H32O4/c1-13-10-14(2,3)12-17(11-13)20-18-15(4,5)8-9-16(6,7)19-21-17/h13H,8-12H2,1-7H3. The van der Waals surface area contributed by atoms with Crippen molar-refractivity contribution < 1.29 is 19.6 Å². The lowest BCUT2D eigenvalue weighted by Crippen LogP contribution is -2.48. The van der Waals surface area contributed by atoms with Crippen molar-refractivity contribution in [3.05, 3.63) is 0 Å². The van der Waals surface area contributed by atoms with Gasteiger partial charge in [-0.1, -0.05) is 20.8 Å². The van der Waals surface area contributed by atoms with E-state index in [2.05, 4.69) is 48.5 Å². The number of hydrogen-bond acceptors (Lipinski definition) is 4. The lowest BCUT2D eigenvalue weighted by molar-refractivity contribution is -0.546. The van der Waals surface area contributed by atoms with Crippen LogP contribution in [0.15, 0.2) is 0 Å². The number of hydrogen-bond donors (Lipinski definition) is 0. The Morgan fingerprint density at radius 3 is 1.62 bits per heavy atom. The van der Waals surface area contributed by atoms with Crippen LogP contribution < -0.4 is 0 Å². The highest BCUT2D eigenvalue weighted by Gasteiger charge is 2.49. The Kier molecular flexibility index (Phi) is 4.49. The fourth-order valence-corrected chi connectivity index (χ4v) is 3.62. The third kappa shape index (κ3) is 4.65. The van der Waals surface area contributed by atoms with E-state index >= 15 is 0 Å². The molecular weight excluding hydrogens is 268 g/mol. The average Bonchev–Trinajstić information content (AvgIpc) is 2.33. The molecule has 1 saturated carbocycles. The molecule has 1 atom stereocenters. The molecule has 0 aromatic rings. The molecule has 0 bridgehead atoms. The largest absolute Gasteiger partial charge is 0.234 e. The smallest absolute Gasteiger partial charge is 0.228 e. The SMILES string of the molecule is CC1CC(C)(C)CC2(C1)OOC(C)(C)CCC(C)(C)OO2. The molecule has 1 spiro atoms. The van der Waals surface area contributed by atoms with E-state index in [1.807, 2.05) is 0 Å². The summed E-state index contributed by atoms with van der Waals surface area (Å²) in [6.45, 7) is 15.0. The van der Waals surface area contributed by atoms with Crippen molar-refractivity contribution in [1.29, 1.82) is 0 Å². The van der Waals surface area contributed by atoms with Gasteiger partial charge >= 0.3 is 0 Å². The molecule has 1 aliphatic carbocycles. The fourth-order valence-electron chi connectivity index (χ4n) is 3.62. The zero-order chi connectivity index (χ0) is 15.9. The molecule has 2 fully saturated rings. The predicted octanol–water partition coefficient (Wildman–Crippen LogP) is 4.78. The molecule has 2 rings (SSSR count). The molecule has 4 heteroatoms. The summed E-state index contributed by atoms with van der Waals surface area (Å²) in [6.07, 6.45) is 4.45. The summed E-state index contributed by atoms with van der Waals surface area (Å²) < 4.78 is 0. The lowest BCUT2D eigenvalue weighted by Gasteiger charge is -2.45. The molecule has 0 amide bonds. The molecule has 0 N–H and O–H groups in total. The Labute approximate surface area is 129 Å². The van der Waals surface area contributed by atoms with Crippen LogP contribution in [0.4, 0.5) is 0 Å². The molecule has 1 saturated heterocycles. The van der Waals surface area contributed by atoms with Crippen LogP contribution >= 0.6 is 0 Å². The van der Waals surface area contributed by atoms with Crippen LogP contribution in [0.3, 0.4) is 0 Å². The van der Waals surface area contributed by atoms with Crippen LogP contribution in [0.25, 0.3) is 0 Å². The molecule has 21 heavy (non-hydrogen) atoms. The molecule has 2 aliphatic rings. The minimum Gasteiger partial charge on any atom is -0.228 e. The molecule has 1 aliphatic heterocycles. The zero-order valence-electron chi connectivity index (χ0n) is 14.7. The summed E-state index contributed by atoms with van der Waals surface area (Å²) in [5.41, 5.74) is -0.537. The van der Waals surface area contributed by atoms with Gasteiger partial charge in [-0.2, -0.15) is 9.78 Å². The second-order valence-electron chi connectivity index (χ2n) is 9.12. The monoisotopic (exact) mass is 300 g/mol. The van der Waals surface area contributed by atoms with Crippen molar-refractivity contribution in [1.82, 2.24) is 0 Å². The quantitative estimate of drug-likeness (QED) is 0.603. The number of rotatable bonds is 0. The van der Waals surface area contributed by atoms with Crippen LogP contribution in [0, 0.1) is 11.3 Å². The average molecular weight is 300 g/mol. The molecule has 124 valence electrons. The van der Waals surface area contributed by atoms with E-state index in [9.17, 15) is 0 Å². The first-order valence-corrected chi connectivity index (χ1v) is 8.16. The van der Waals surface area contributed by atoms with Crippen molar-refractivity contribution in [2.75, 3.05) is 0 Å². The van der Waals surface area contributed by atoms with Crippen molar-refractivity contribution in [3.8, 4) is 0 Å². The van der Waals surface area contributed by atoms with Gasteiger partial charge < -0.3 is 0 Å².